The van der Waals surface area contributed by atoms with Gasteiger partial charge in [0.25, 0.3) is 0 Å². The van der Waals surface area contributed by atoms with Crippen molar-refractivity contribution in [1.29, 1.82) is 0 Å². The summed E-state index contributed by atoms with van der Waals surface area (Å²) >= 11 is 0. The Morgan fingerprint density at radius 1 is 1.05 bits per heavy atom. The number of hydrogen-bond acceptors (Lipinski definition) is 3. The second-order valence-electron chi connectivity index (χ2n) is 4.67. The number of aliphatic hydroxyl groups is 1. The fourth-order valence-corrected chi connectivity index (χ4v) is 2.12. The predicted octanol–water partition coefficient (Wildman–Crippen LogP) is 3.83. The fourth-order valence-electron chi connectivity index (χ4n) is 2.12. The monoisotopic (exact) mass is 265 g/mol. The summed E-state index contributed by atoms with van der Waals surface area (Å²) in [5.74, 6) is 1.21. The summed E-state index contributed by atoms with van der Waals surface area (Å²) < 4.78 is 5.87. The molecule has 2 aromatic carbocycles. The van der Waals surface area contributed by atoms with E-state index in [4.69, 9.17) is 4.74 Å². The third-order valence-electron chi connectivity index (χ3n) is 3.23. The van der Waals surface area contributed by atoms with Crippen LogP contribution in [0.15, 0.2) is 54.6 Å². The molecular formula is C17H15NO2. The van der Waals surface area contributed by atoms with Crippen molar-refractivity contribution in [2.75, 3.05) is 0 Å². The van der Waals surface area contributed by atoms with Crippen LogP contribution in [0.1, 0.15) is 11.1 Å². The van der Waals surface area contributed by atoms with E-state index in [9.17, 15) is 5.11 Å². The molecule has 1 N–H and O–H groups in total. The maximum absolute atomic E-state index is 9.51. The summed E-state index contributed by atoms with van der Waals surface area (Å²) in [6.07, 6.45) is 0. The topological polar surface area (TPSA) is 42.4 Å². The minimum atomic E-state index is -0.0982. The molecule has 0 aliphatic carbocycles. The fraction of sp³-hybridized carbons (Fsp3) is 0.118. The molecule has 0 fully saturated rings. The molecule has 0 radical (unpaired) electrons. The summed E-state index contributed by atoms with van der Waals surface area (Å²) in [4.78, 5) is 4.50. The van der Waals surface area contributed by atoms with Gasteiger partial charge < -0.3 is 9.84 Å². The number of benzene rings is 2. The Kier molecular flexibility index (Phi) is 3.35. The Hall–Kier alpha value is -2.39. The smallest absolute Gasteiger partial charge is 0.225 e. The van der Waals surface area contributed by atoms with Gasteiger partial charge in [0, 0.05) is 10.9 Å². The highest BCUT2D eigenvalue weighted by atomic mass is 16.5. The molecule has 0 saturated carbocycles. The number of aliphatic hydroxyl groups excluding tert-OH is 1. The predicted molar refractivity (Wildman–Crippen MR) is 78.9 cm³/mol. The molecule has 3 nitrogen and oxygen atoms in total. The molecule has 3 heteroatoms. The third kappa shape index (κ3) is 2.36. The first kappa shape index (κ1) is 12.6. The summed E-state index contributed by atoms with van der Waals surface area (Å²) in [5.41, 5.74) is 2.58. The van der Waals surface area contributed by atoms with Crippen LogP contribution in [-0.4, -0.2) is 10.1 Å². The lowest BCUT2D eigenvalue weighted by Crippen LogP contribution is -1.97. The lowest BCUT2D eigenvalue weighted by molar-refractivity contribution is 0.275. The number of nitrogens with zero attached hydrogens (tertiary/aromatic N) is 1. The van der Waals surface area contributed by atoms with Crippen molar-refractivity contribution in [3.8, 4) is 11.6 Å². The SMILES string of the molecule is Cc1ccccc1Oc1nc2ccccc2cc1CO. The number of aromatic nitrogens is 1. The van der Waals surface area contributed by atoms with Gasteiger partial charge in [-0.25, -0.2) is 4.98 Å². The molecule has 0 amide bonds. The molecule has 0 saturated heterocycles. The Balaban J connectivity index is 2.08. The van der Waals surface area contributed by atoms with Crippen LogP contribution in [-0.2, 0) is 6.61 Å². The van der Waals surface area contributed by atoms with E-state index >= 15 is 0 Å². The van der Waals surface area contributed by atoms with Gasteiger partial charge in [-0.1, -0.05) is 36.4 Å². The molecule has 1 heterocycles. The van der Waals surface area contributed by atoms with Gasteiger partial charge in [-0.05, 0) is 30.7 Å². The number of ether oxygens (including phenoxy) is 1. The van der Waals surface area contributed by atoms with E-state index in [-0.39, 0.29) is 6.61 Å². The van der Waals surface area contributed by atoms with E-state index in [1.807, 2.05) is 61.5 Å². The number of hydrogen-bond donors (Lipinski definition) is 1. The molecule has 1 aromatic heterocycles. The average molecular weight is 265 g/mol. The standard InChI is InChI=1S/C17H15NO2/c1-12-6-2-5-9-16(12)20-17-14(11-19)10-13-7-3-4-8-15(13)18-17/h2-10,19H,11H2,1H3. The van der Waals surface area contributed by atoms with Gasteiger partial charge >= 0.3 is 0 Å². The van der Waals surface area contributed by atoms with Gasteiger partial charge in [0.2, 0.25) is 5.88 Å². The van der Waals surface area contributed by atoms with Crippen LogP contribution in [0.3, 0.4) is 0 Å². The molecule has 3 aromatic rings. The molecule has 100 valence electrons. The molecule has 0 aliphatic heterocycles. The van der Waals surface area contributed by atoms with E-state index < -0.39 is 0 Å². The Bertz CT molecular complexity index is 753. The summed E-state index contributed by atoms with van der Waals surface area (Å²) in [6, 6.07) is 17.5. The number of para-hydroxylation sites is 2. The van der Waals surface area contributed by atoms with Gasteiger partial charge in [-0.3, -0.25) is 0 Å². The Morgan fingerprint density at radius 3 is 2.60 bits per heavy atom. The number of fused-ring (bicyclic) bond motifs is 1. The Morgan fingerprint density at radius 2 is 1.80 bits per heavy atom. The van der Waals surface area contributed by atoms with Crippen molar-refractivity contribution in [2.24, 2.45) is 0 Å². The quantitative estimate of drug-likeness (QED) is 0.782. The van der Waals surface area contributed by atoms with Crippen LogP contribution >= 0.6 is 0 Å². The largest absolute Gasteiger partial charge is 0.438 e. The van der Waals surface area contributed by atoms with Crippen molar-refractivity contribution < 1.29 is 9.84 Å². The second kappa shape index (κ2) is 5.31. The van der Waals surface area contributed by atoms with E-state index in [2.05, 4.69) is 4.98 Å². The van der Waals surface area contributed by atoms with Crippen molar-refractivity contribution in [3.05, 3.63) is 65.7 Å². The van der Waals surface area contributed by atoms with Crippen LogP contribution in [0.5, 0.6) is 11.6 Å². The highest BCUT2D eigenvalue weighted by Crippen LogP contribution is 2.28. The minimum Gasteiger partial charge on any atom is -0.438 e. The van der Waals surface area contributed by atoms with Gasteiger partial charge in [0.05, 0.1) is 12.1 Å². The maximum atomic E-state index is 9.51. The molecule has 0 unspecified atom stereocenters. The molecule has 0 spiro atoms. The minimum absolute atomic E-state index is 0.0982. The van der Waals surface area contributed by atoms with Crippen LogP contribution in [0.2, 0.25) is 0 Å². The summed E-state index contributed by atoms with van der Waals surface area (Å²) in [5, 5.41) is 10.5. The lowest BCUT2D eigenvalue weighted by atomic mass is 10.1. The van der Waals surface area contributed by atoms with E-state index in [1.54, 1.807) is 0 Å². The van der Waals surface area contributed by atoms with Crippen LogP contribution < -0.4 is 4.74 Å². The highest BCUT2D eigenvalue weighted by molar-refractivity contribution is 5.80. The molecule has 3 rings (SSSR count). The Labute approximate surface area is 117 Å². The first-order valence-electron chi connectivity index (χ1n) is 6.51. The molecular weight excluding hydrogens is 250 g/mol. The van der Waals surface area contributed by atoms with Crippen LogP contribution in [0.25, 0.3) is 10.9 Å². The van der Waals surface area contributed by atoms with Gasteiger partial charge in [-0.15, -0.1) is 0 Å². The van der Waals surface area contributed by atoms with E-state index in [0.29, 0.717) is 11.4 Å². The van der Waals surface area contributed by atoms with Gasteiger partial charge in [0.1, 0.15) is 5.75 Å². The highest BCUT2D eigenvalue weighted by Gasteiger charge is 2.09. The van der Waals surface area contributed by atoms with Crippen LogP contribution in [0, 0.1) is 6.92 Å². The van der Waals surface area contributed by atoms with Gasteiger partial charge in [-0.2, -0.15) is 0 Å². The average Bonchev–Trinajstić information content (AvgIpc) is 2.49. The first-order valence-corrected chi connectivity index (χ1v) is 6.51. The van der Waals surface area contributed by atoms with Gasteiger partial charge in [0.15, 0.2) is 0 Å². The summed E-state index contributed by atoms with van der Waals surface area (Å²) in [6.45, 7) is 1.88. The number of pyridine rings is 1. The zero-order chi connectivity index (χ0) is 13.9. The van der Waals surface area contributed by atoms with E-state index in [1.165, 1.54) is 0 Å². The van der Waals surface area contributed by atoms with E-state index in [0.717, 1.165) is 22.2 Å². The van der Waals surface area contributed by atoms with Crippen molar-refractivity contribution in [1.82, 2.24) is 4.98 Å². The zero-order valence-corrected chi connectivity index (χ0v) is 11.2. The molecule has 0 aliphatic rings. The zero-order valence-electron chi connectivity index (χ0n) is 11.2. The van der Waals surface area contributed by atoms with Crippen LogP contribution in [0.4, 0.5) is 0 Å². The van der Waals surface area contributed by atoms with Crippen molar-refractivity contribution >= 4 is 10.9 Å². The van der Waals surface area contributed by atoms with Crippen molar-refractivity contribution in [3.63, 3.8) is 0 Å². The normalized spacial score (nSPS) is 10.7. The number of rotatable bonds is 3. The maximum Gasteiger partial charge on any atom is 0.225 e. The summed E-state index contributed by atoms with van der Waals surface area (Å²) in [7, 11) is 0. The lowest BCUT2D eigenvalue weighted by Gasteiger charge is -2.11. The van der Waals surface area contributed by atoms with Crippen molar-refractivity contribution in [2.45, 2.75) is 13.5 Å². The molecule has 0 bridgehead atoms. The molecule has 20 heavy (non-hydrogen) atoms. The molecule has 0 atom stereocenters. The third-order valence-corrected chi connectivity index (χ3v) is 3.23. The first-order chi connectivity index (χ1) is 9.78. The number of aryl methyl sites for hydroxylation is 1. The second-order valence-corrected chi connectivity index (χ2v) is 4.67.